The van der Waals surface area contributed by atoms with Gasteiger partial charge in [0.15, 0.2) is 0 Å². The summed E-state index contributed by atoms with van der Waals surface area (Å²) in [5.74, 6) is -0.474. The Bertz CT molecular complexity index is 715. The molecule has 0 atom stereocenters. The predicted molar refractivity (Wildman–Crippen MR) is 87.4 cm³/mol. The number of non-ortho nitro benzene ring substituents is 1. The van der Waals surface area contributed by atoms with Crippen LogP contribution in [0.1, 0.15) is 13.8 Å². The zero-order chi connectivity index (χ0) is 18.5. The number of likely N-dealkylation sites (N-methyl/N-ethyl adjacent to an activating group) is 2. The number of methoxy groups -OCH3 is 1. The van der Waals surface area contributed by atoms with Crippen LogP contribution in [0.2, 0.25) is 0 Å². The summed E-state index contributed by atoms with van der Waals surface area (Å²) < 4.78 is 31.1. The molecule has 0 bridgehead atoms. The minimum absolute atomic E-state index is 0.147. The lowest BCUT2D eigenvalue weighted by Crippen LogP contribution is -2.41. The molecule has 10 heteroatoms. The van der Waals surface area contributed by atoms with E-state index >= 15 is 0 Å². The first-order chi connectivity index (χ1) is 11.2. The number of nitro groups is 1. The summed E-state index contributed by atoms with van der Waals surface area (Å²) in [4.78, 5) is 23.5. The molecule has 0 aliphatic rings. The minimum atomic E-state index is -4.03. The van der Waals surface area contributed by atoms with Gasteiger partial charge < -0.3 is 9.64 Å². The number of nitro benzene ring substituents is 1. The number of ether oxygens (including phenoxy) is 1. The van der Waals surface area contributed by atoms with Crippen LogP contribution < -0.4 is 4.74 Å². The Morgan fingerprint density at radius 2 is 1.88 bits per heavy atom. The van der Waals surface area contributed by atoms with Gasteiger partial charge in [0.25, 0.3) is 5.69 Å². The number of carbonyl (C=O) groups excluding carboxylic acids is 1. The molecule has 0 aliphatic heterocycles. The second-order valence-corrected chi connectivity index (χ2v) is 6.93. The van der Waals surface area contributed by atoms with Crippen LogP contribution in [0.4, 0.5) is 5.69 Å². The summed E-state index contributed by atoms with van der Waals surface area (Å²) in [7, 11) is -1.53. The molecule has 0 unspecified atom stereocenters. The van der Waals surface area contributed by atoms with E-state index in [2.05, 4.69) is 0 Å². The van der Waals surface area contributed by atoms with E-state index in [9.17, 15) is 23.3 Å². The fourth-order valence-corrected chi connectivity index (χ4v) is 3.36. The van der Waals surface area contributed by atoms with Gasteiger partial charge in [-0.15, -0.1) is 0 Å². The molecule has 9 nitrogen and oxygen atoms in total. The van der Waals surface area contributed by atoms with Gasteiger partial charge in [-0.05, 0) is 19.9 Å². The lowest BCUT2D eigenvalue weighted by molar-refractivity contribution is -0.385. The van der Waals surface area contributed by atoms with Crippen molar-refractivity contribution < 1.29 is 22.9 Å². The fraction of sp³-hybridized carbons (Fsp3) is 0.500. The number of carbonyl (C=O) groups is 1. The third kappa shape index (κ3) is 4.20. The monoisotopic (exact) mass is 359 g/mol. The molecule has 0 fully saturated rings. The van der Waals surface area contributed by atoms with Crippen LogP contribution in [0.25, 0.3) is 0 Å². The van der Waals surface area contributed by atoms with E-state index in [1.54, 1.807) is 13.8 Å². The molecule has 0 saturated heterocycles. The maximum Gasteiger partial charge on any atom is 0.273 e. The van der Waals surface area contributed by atoms with E-state index in [1.807, 2.05) is 0 Å². The Morgan fingerprint density at radius 1 is 1.29 bits per heavy atom. The smallest absolute Gasteiger partial charge is 0.273 e. The first kappa shape index (κ1) is 19.8. The lowest BCUT2D eigenvalue weighted by atomic mass is 10.3. The van der Waals surface area contributed by atoms with Crippen molar-refractivity contribution in [2.75, 3.05) is 33.8 Å². The quantitative estimate of drug-likeness (QED) is 0.507. The van der Waals surface area contributed by atoms with E-state index in [-0.39, 0.29) is 28.8 Å². The number of rotatable bonds is 8. The highest BCUT2D eigenvalue weighted by molar-refractivity contribution is 7.89. The van der Waals surface area contributed by atoms with Crippen molar-refractivity contribution in [2.24, 2.45) is 0 Å². The van der Waals surface area contributed by atoms with Crippen molar-refractivity contribution in [2.45, 2.75) is 18.7 Å². The Morgan fingerprint density at radius 3 is 2.33 bits per heavy atom. The molecule has 0 heterocycles. The molecule has 1 aromatic carbocycles. The number of amides is 1. The van der Waals surface area contributed by atoms with E-state index in [4.69, 9.17) is 4.74 Å². The van der Waals surface area contributed by atoms with Gasteiger partial charge >= 0.3 is 0 Å². The molecule has 134 valence electrons. The second kappa shape index (κ2) is 8.06. The van der Waals surface area contributed by atoms with Crippen molar-refractivity contribution in [3.05, 3.63) is 28.3 Å². The molecule has 0 spiro atoms. The van der Waals surface area contributed by atoms with Gasteiger partial charge in [0, 0.05) is 26.2 Å². The maximum atomic E-state index is 12.6. The van der Waals surface area contributed by atoms with Gasteiger partial charge in [-0.2, -0.15) is 4.31 Å². The first-order valence-corrected chi connectivity index (χ1v) is 8.69. The summed E-state index contributed by atoms with van der Waals surface area (Å²) in [5.41, 5.74) is -0.285. The van der Waals surface area contributed by atoms with Gasteiger partial charge in [0.1, 0.15) is 10.6 Å². The Labute approximate surface area is 141 Å². The highest BCUT2D eigenvalue weighted by Crippen LogP contribution is 2.30. The molecule has 0 aromatic heterocycles. The second-order valence-electron chi connectivity index (χ2n) is 4.92. The predicted octanol–water partition coefficient (Wildman–Crippen LogP) is 1.09. The molecular formula is C14H21N3O6S. The molecule has 0 N–H and O–H groups in total. The number of sulfonamides is 1. The summed E-state index contributed by atoms with van der Waals surface area (Å²) in [6.45, 7) is 4.23. The Balaban J connectivity index is 3.15. The molecule has 1 rings (SSSR count). The average molecular weight is 359 g/mol. The third-order valence-corrected chi connectivity index (χ3v) is 5.36. The zero-order valence-electron chi connectivity index (χ0n) is 14.1. The molecule has 0 saturated carbocycles. The van der Waals surface area contributed by atoms with Crippen LogP contribution in [0.5, 0.6) is 5.75 Å². The van der Waals surface area contributed by atoms with Crippen molar-refractivity contribution >= 4 is 21.6 Å². The van der Waals surface area contributed by atoms with Crippen molar-refractivity contribution in [3.8, 4) is 5.75 Å². The van der Waals surface area contributed by atoms with Crippen LogP contribution in [-0.2, 0) is 14.8 Å². The number of benzene rings is 1. The minimum Gasteiger partial charge on any atom is -0.495 e. The van der Waals surface area contributed by atoms with Gasteiger partial charge in [-0.3, -0.25) is 14.9 Å². The third-order valence-electron chi connectivity index (χ3n) is 3.52. The number of nitrogens with zero attached hydrogens (tertiary/aromatic N) is 3. The lowest BCUT2D eigenvalue weighted by Gasteiger charge is -2.23. The van der Waals surface area contributed by atoms with E-state index < -0.39 is 14.9 Å². The van der Waals surface area contributed by atoms with Crippen LogP contribution in [0.15, 0.2) is 23.1 Å². The van der Waals surface area contributed by atoms with Crippen molar-refractivity contribution in [1.29, 1.82) is 0 Å². The maximum absolute atomic E-state index is 12.6. The largest absolute Gasteiger partial charge is 0.495 e. The Hall–Kier alpha value is -2.20. The van der Waals surface area contributed by atoms with Crippen molar-refractivity contribution in [1.82, 2.24) is 9.21 Å². The fourth-order valence-electron chi connectivity index (χ4n) is 2.10. The summed E-state index contributed by atoms with van der Waals surface area (Å²) in [6, 6.07) is 3.22. The van der Waals surface area contributed by atoms with E-state index in [0.717, 1.165) is 22.5 Å². The van der Waals surface area contributed by atoms with E-state index in [0.29, 0.717) is 13.1 Å². The topological polar surface area (TPSA) is 110 Å². The average Bonchev–Trinajstić information content (AvgIpc) is 2.54. The highest BCUT2D eigenvalue weighted by Gasteiger charge is 2.28. The normalized spacial score (nSPS) is 11.4. The molecule has 1 amide bonds. The van der Waals surface area contributed by atoms with Gasteiger partial charge in [-0.25, -0.2) is 8.42 Å². The molecule has 1 aromatic rings. The molecule has 0 radical (unpaired) electrons. The van der Waals surface area contributed by atoms with Crippen LogP contribution >= 0.6 is 0 Å². The number of hydrogen-bond donors (Lipinski definition) is 0. The first-order valence-electron chi connectivity index (χ1n) is 7.25. The molecule has 24 heavy (non-hydrogen) atoms. The highest BCUT2D eigenvalue weighted by atomic mass is 32.2. The molecular weight excluding hydrogens is 338 g/mol. The summed E-state index contributed by atoms with van der Waals surface area (Å²) in [6.07, 6.45) is 0. The van der Waals surface area contributed by atoms with Gasteiger partial charge in [0.2, 0.25) is 15.9 Å². The van der Waals surface area contributed by atoms with Crippen molar-refractivity contribution in [3.63, 3.8) is 0 Å². The van der Waals surface area contributed by atoms with Crippen LogP contribution in [-0.4, -0.2) is 62.2 Å². The van der Waals surface area contributed by atoms with Crippen LogP contribution in [0.3, 0.4) is 0 Å². The van der Waals surface area contributed by atoms with E-state index in [1.165, 1.54) is 19.1 Å². The van der Waals surface area contributed by atoms with Gasteiger partial charge in [0.05, 0.1) is 24.6 Å². The number of hydrogen-bond acceptors (Lipinski definition) is 6. The van der Waals surface area contributed by atoms with Crippen LogP contribution in [0, 0.1) is 10.1 Å². The standard InChI is InChI=1S/C14H21N3O6S/c1-5-16(6-2)14(18)10-15(3)24(21,22)13-8-7-11(17(19)20)9-12(13)23-4/h7-9H,5-6,10H2,1-4H3. The SMILES string of the molecule is CCN(CC)C(=O)CN(C)S(=O)(=O)c1ccc([N+](=O)[O-])cc1OC. The molecule has 0 aliphatic carbocycles. The zero-order valence-corrected chi connectivity index (χ0v) is 14.9. The van der Waals surface area contributed by atoms with Gasteiger partial charge in [-0.1, -0.05) is 0 Å². The summed E-state index contributed by atoms with van der Waals surface area (Å²) in [5, 5.41) is 10.8. The summed E-state index contributed by atoms with van der Waals surface area (Å²) >= 11 is 0. The Kier molecular flexibility index (Phi) is 6.67.